The summed E-state index contributed by atoms with van der Waals surface area (Å²) in [7, 11) is 0. The van der Waals surface area contributed by atoms with E-state index in [1.807, 2.05) is 12.0 Å². The third kappa shape index (κ3) is 3.68. The first-order valence-corrected chi connectivity index (χ1v) is 6.88. The number of rotatable bonds is 2. The molecule has 5 nitrogen and oxygen atoms in total. The van der Waals surface area contributed by atoms with Gasteiger partial charge in [-0.2, -0.15) is 5.06 Å². The Morgan fingerprint density at radius 3 is 2.32 bits per heavy atom. The molecule has 0 aromatic rings. The number of ether oxygens (including phenoxy) is 1. The van der Waals surface area contributed by atoms with Crippen molar-refractivity contribution in [2.45, 2.75) is 65.1 Å². The SMILES string of the molecule is CCON1C(C)(C)CNC(=O)C(C)(C)OCC1(C)C. The molecule has 0 spiro atoms. The molecule has 0 bridgehead atoms. The van der Waals surface area contributed by atoms with E-state index in [0.29, 0.717) is 19.8 Å². The van der Waals surface area contributed by atoms with Crippen molar-refractivity contribution in [2.24, 2.45) is 0 Å². The van der Waals surface area contributed by atoms with E-state index < -0.39 is 5.60 Å². The van der Waals surface area contributed by atoms with Gasteiger partial charge in [0.05, 0.1) is 24.3 Å². The van der Waals surface area contributed by atoms with E-state index in [1.165, 1.54) is 0 Å². The van der Waals surface area contributed by atoms with Crippen LogP contribution >= 0.6 is 0 Å². The lowest BCUT2D eigenvalue weighted by molar-refractivity contribution is -0.271. The van der Waals surface area contributed by atoms with Crippen LogP contribution in [0.25, 0.3) is 0 Å². The molecular formula is C14H28N2O3. The summed E-state index contributed by atoms with van der Waals surface area (Å²) in [5.74, 6) is -0.0882. The van der Waals surface area contributed by atoms with Crippen molar-refractivity contribution in [1.29, 1.82) is 0 Å². The van der Waals surface area contributed by atoms with Gasteiger partial charge in [-0.3, -0.25) is 9.63 Å². The average molecular weight is 272 g/mol. The standard InChI is InChI=1S/C14H28N2O3/c1-8-19-16-12(2,3)9-15-11(17)14(6,7)18-10-13(16,4)5/h8-10H2,1-7H3,(H,15,17). The molecule has 0 unspecified atom stereocenters. The number of carbonyl (C=O) groups excluding carboxylic acids is 1. The van der Waals surface area contributed by atoms with Gasteiger partial charge in [0.1, 0.15) is 5.60 Å². The van der Waals surface area contributed by atoms with Crippen LogP contribution in [0.5, 0.6) is 0 Å². The fourth-order valence-corrected chi connectivity index (χ4v) is 2.36. The summed E-state index contributed by atoms with van der Waals surface area (Å²) < 4.78 is 5.81. The highest BCUT2D eigenvalue weighted by atomic mass is 16.7. The van der Waals surface area contributed by atoms with Gasteiger partial charge in [0.15, 0.2) is 0 Å². The zero-order valence-electron chi connectivity index (χ0n) is 13.3. The largest absolute Gasteiger partial charge is 0.364 e. The topological polar surface area (TPSA) is 50.8 Å². The first-order chi connectivity index (χ1) is 8.53. The van der Waals surface area contributed by atoms with Crippen molar-refractivity contribution in [1.82, 2.24) is 10.4 Å². The van der Waals surface area contributed by atoms with Gasteiger partial charge in [-0.1, -0.05) is 0 Å². The lowest BCUT2D eigenvalue weighted by atomic mass is 9.97. The Balaban J connectivity index is 3.08. The molecule has 0 aliphatic carbocycles. The molecule has 112 valence electrons. The molecule has 1 aliphatic rings. The fraction of sp³-hybridized carbons (Fsp3) is 0.929. The van der Waals surface area contributed by atoms with Crippen LogP contribution in [0.3, 0.4) is 0 Å². The van der Waals surface area contributed by atoms with Crippen LogP contribution < -0.4 is 5.32 Å². The second-order valence-electron chi connectivity index (χ2n) is 6.82. The first-order valence-electron chi connectivity index (χ1n) is 6.88. The molecular weight excluding hydrogens is 244 g/mol. The summed E-state index contributed by atoms with van der Waals surface area (Å²) in [5, 5.41) is 4.89. The van der Waals surface area contributed by atoms with Crippen LogP contribution in [0.15, 0.2) is 0 Å². The predicted molar refractivity (Wildman–Crippen MR) is 74.7 cm³/mol. The van der Waals surface area contributed by atoms with Crippen LogP contribution in [-0.4, -0.2) is 47.4 Å². The van der Waals surface area contributed by atoms with Crippen LogP contribution in [0.1, 0.15) is 48.5 Å². The van der Waals surface area contributed by atoms with Crippen molar-refractivity contribution in [2.75, 3.05) is 19.8 Å². The number of nitrogens with one attached hydrogen (secondary N) is 1. The quantitative estimate of drug-likeness (QED) is 0.831. The van der Waals surface area contributed by atoms with E-state index >= 15 is 0 Å². The Kier molecular flexibility index (Phi) is 4.65. The predicted octanol–water partition coefficient (Wildman–Crippen LogP) is 1.72. The molecule has 0 aromatic carbocycles. The maximum Gasteiger partial charge on any atom is 0.251 e. The molecule has 0 radical (unpaired) electrons. The molecule has 19 heavy (non-hydrogen) atoms. The van der Waals surface area contributed by atoms with Gasteiger partial charge in [0.2, 0.25) is 0 Å². The minimum Gasteiger partial charge on any atom is -0.364 e. The summed E-state index contributed by atoms with van der Waals surface area (Å²) in [6, 6.07) is 0. The number of amides is 1. The highest BCUT2D eigenvalue weighted by Crippen LogP contribution is 2.29. The molecule has 1 rings (SSSR count). The summed E-state index contributed by atoms with van der Waals surface area (Å²) in [5.41, 5.74) is -1.45. The smallest absolute Gasteiger partial charge is 0.251 e. The Hall–Kier alpha value is -0.650. The third-order valence-electron chi connectivity index (χ3n) is 3.37. The lowest BCUT2D eigenvalue weighted by Crippen LogP contribution is -2.60. The third-order valence-corrected chi connectivity index (χ3v) is 3.37. The number of nitrogens with zero attached hydrogens (tertiary/aromatic N) is 1. The maximum atomic E-state index is 12.1. The molecule has 1 fully saturated rings. The fourth-order valence-electron chi connectivity index (χ4n) is 2.36. The Morgan fingerprint density at radius 2 is 1.79 bits per heavy atom. The van der Waals surface area contributed by atoms with E-state index in [1.54, 1.807) is 13.8 Å². The number of carbonyl (C=O) groups is 1. The van der Waals surface area contributed by atoms with Crippen LogP contribution in [0, 0.1) is 0 Å². The van der Waals surface area contributed by atoms with Gasteiger partial charge in [0, 0.05) is 6.54 Å². The highest BCUT2D eigenvalue weighted by Gasteiger charge is 2.43. The second-order valence-corrected chi connectivity index (χ2v) is 6.82. The van der Waals surface area contributed by atoms with Crippen molar-refractivity contribution >= 4 is 5.91 Å². The molecule has 1 saturated heterocycles. The van der Waals surface area contributed by atoms with Gasteiger partial charge in [-0.05, 0) is 48.5 Å². The zero-order valence-corrected chi connectivity index (χ0v) is 13.3. The minimum absolute atomic E-state index is 0.0882. The lowest BCUT2D eigenvalue weighted by Gasteiger charge is -2.46. The summed E-state index contributed by atoms with van der Waals surface area (Å²) in [6.07, 6.45) is 0. The van der Waals surface area contributed by atoms with Crippen LogP contribution in [0.2, 0.25) is 0 Å². The van der Waals surface area contributed by atoms with E-state index in [-0.39, 0.29) is 17.0 Å². The molecule has 1 heterocycles. The van der Waals surface area contributed by atoms with Gasteiger partial charge >= 0.3 is 0 Å². The number of hydroxylamine groups is 2. The van der Waals surface area contributed by atoms with Gasteiger partial charge in [-0.15, -0.1) is 0 Å². The van der Waals surface area contributed by atoms with Gasteiger partial charge in [-0.25, -0.2) is 0 Å². The van der Waals surface area contributed by atoms with Crippen molar-refractivity contribution in [3.63, 3.8) is 0 Å². The Bertz CT molecular complexity index is 338. The Morgan fingerprint density at radius 1 is 1.21 bits per heavy atom. The molecule has 5 heteroatoms. The molecule has 1 aliphatic heterocycles. The average Bonchev–Trinajstić information content (AvgIpc) is 2.31. The molecule has 0 saturated carbocycles. The Labute approximate surface area is 116 Å². The van der Waals surface area contributed by atoms with Crippen molar-refractivity contribution in [3.8, 4) is 0 Å². The van der Waals surface area contributed by atoms with E-state index in [0.717, 1.165) is 0 Å². The number of hydrogen-bond acceptors (Lipinski definition) is 4. The highest BCUT2D eigenvalue weighted by molar-refractivity contribution is 5.84. The molecule has 0 aromatic heterocycles. The zero-order chi connectivity index (χ0) is 14.9. The second kappa shape index (κ2) is 5.38. The summed E-state index contributed by atoms with van der Waals surface area (Å²) in [4.78, 5) is 17.9. The first kappa shape index (κ1) is 16.4. The monoisotopic (exact) mass is 272 g/mol. The van der Waals surface area contributed by atoms with Gasteiger partial charge in [0.25, 0.3) is 5.91 Å². The maximum absolute atomic E-state index is 12.1. The summed E-state index contributed by atoms with van der Waals surface area (Å²) >= 11 is 0. The summed E-state index contributed by atoms with van der Waals surface area (Å²) in [6.45, 7) is 15.3. The van der Waals surface area contributed by atoms with E-state index in [9.17, 15) is 4.79 Å². The number of hydrogen-bond donors (Lipinski definition) is 1. The van der Waals surface area contributed by atoms with E-state index in [2.05, 4.69) is 33.0 Å². The van der Waals surface area contributed by atoms with Crippen LogP contribution in [-0.2, 0) is 14.4 Å². The molecule has 1 amide bonds. The van der Waals surface area contributed by atoms with Crippen LogP contribution in [0.4, 0.5) is 0 Å². The normalized spacial score (nSPS) is 27.0. The molecule has 1 N–H and O–H groups in total. The van der Waals surface area contributed by atoms with Crippen molar-refractivity contribution < 1.29 is 14.4 Å². The van der Waals surface area contributed by atoms with Gasteiger partial charge < -0.3 is 10.1 Å². The van der Waals surface area contributed by atoms with Crippen molar-refractivity contribution in [3.05, 3.63) is 0 Å². The molecule has 0 atom stereocenters. The minimum atomic E-state index is -0.824. The van der Waals surface area contributed by atoms with E-state index in [4.69, 9.17) is 9.57 Å².